The molecule has 1 unspecified atom stereocenters. The van der Waals surface area contributed by atoms with Crippen LogP contribution in [0.2, 0.25) is 5.02 Å². The minimum absolute atomic E-state index is 0.00996. The number of hydrogen-bond acceptors (Lipinski definition) is 3. The van der Waals surface area contributed by atoms with Crippen molar-refractivity contribution in [2.45, 2.75) is 52.2 Å². The number of rotatable bonds is 6. The van der Waals surface area contributed by atoms with E-state index in [4.69, 9.17) is 16.7 Å². The Labute approximate surface area is 166 Å². The van der Waals surface area contributed by atoms with E-state index in [0.29, 0.717) is 17.7 Å². The minimum Gasteiger partial charge on any atom is -0.343 e. The van der Waals surface area contributed by atoms with E-state index in [1.165, 1.54) is 11.3 Å². The van der Waals surface area contributed by atoms with E-state index < -0.39 is 0 Å². The van der Waals surface area contributed by atoms with Gasteiger partial charge in [-0.15, -0.1) is 0 Å². The molecule has 0 radical (unpaired) electrons. The van der Waals surface area contributed by atoms with Gasteiger partial charge in [0.05, 0.1) is 0 Å². The first-order valence-corrected chi connectivity index (χ1v) is 10.0. The molecule has 0 saturated carbocycles. The van der Waals surface area contributed by atoms with E-state index in [2.05, 4.69) is 29.9 Å². The molecule has 1 aromatic heterocycles. The molecular formula is C21H29ClN4O. The Hall–Kier alpha value is -1.85. The van der Waals surface area contributed by atoms with Crippen LogP contribution < -0.4 is 5.32 Å². The lowest BCUT2D eigenvalue weighted by Crippen LogP contribution is -2.35. The number of fused-ring (bicyclic) bond motifs is 1. The molecule has 1 N–H and O–H groups in total. The van der Waals surface area contributed by atoms with E-state index in [1.54, 1.807) is 19.0 Å². The number of nitrogens with zero attached hydrogens (tertiary/aromatic N) is 3. The lowest BCUT2D eigenvalue weighted by Gasteiger charge is -2.25. The van der Waals surface area contributed by atoms with Crippen LogP contribution in [0.15, 0.2) is 24.3 Å². The maximum atomic E-state index is 12.7. The smallest absolute Gasteiger partial charge is 0.274 e. The standard InChI is InChI=1S/C21H29ClN4O/c1-14(2)13-26-19-9-8-17(23-12-15-6-5-7-16(22)10-15)11-18(19)20(24-26)21(27)25(3)4/h5-7,10,14,17,23H,8-9,11-13H2,1-4H3. The molecule has 1 amide bonds. The highest BCUT2D eigenvalue weighted by Gasteiger charge is 2.29. The van der Waals surface area contributed by atoms with Crippen LogP contribution in [0.1, 0.15) is 47.6 Å². The molecule has 0 spiro atoms. The zero-order valence-electron chi connectivity index (χ0n) is 16.6. The number of amides is 1. The Kier molecular flexibility index (Phi) is 6.22. The second-order valence-corrected chi connectivity index (χ2v) is 8.44. The normalized spacial score (nSPS) is 16.4. The van der Waals surface area contributed by atoms with E-state index >= 15 is 0 Å². The first-order chi connectivity index (χ1) is 12.8. The predicted molar refractivity (Wildman–Crippen MR) is 109 cm³/mol. The van der Waals surface area contributed by atoms with Gasteiger partial charge in [-0.05, 0) is 42.9 Å². The number of halogens is 1. The third-order valence-electron chi connectivity index (χ3n) is 4.98. The SMILES string of the molecule is CC(C)Cn1nc(C(=O)N(C)C)c2c1CCC(NCc1cccc(Cl)c1)C2. The molecule has 1 atom stereocenters. The van der Waals surface area contributed by atoms with Gasteiger partial charge in [-0.3, -0.25) is 9.48 Å². The van der Waals surface area contributed by atoms with Crippen LogP contribution in [-0.2, 0) is 25.9 Å². The van der Waals surface area contributed by atoms with Gasteiger partial charge in [0, 0.05) is 49.5 Å². The summed E-state index contributed by atoms with van der Waals surface area (Å²) in [6, 6.07) is 8.27. The van der Waals surface area contributed by atoms with Crippen molar-refractivity contribution in [3.05, 3.63) is 51.8 Å². The first-order valence-electron chi connectivity index (χ1n) is 9.63. The summed E-state index contributed by atoms with van der Waals surface area (Å²) in [5.74, 6) is 0.485. The predicted octanol–water partition coefficient (Wildman–Crippen LogP) is 3.54. The molecule has 0 saturated heterocycles. The van der Waals surface area contributed by atoms with Gasteiger partial charge in [-0.25, -0.2) is 0 Å². The third kappa shape index (κ3) is 4.71. The van der Waals surface area contributed by atoms with Gasteiger partial charge in [0.2, 0.25) is 0 Å². The molecule has 6 heteroatoms. The second kappa shape index (κ2) is 8.44. The fraction of sp³-hybridized carbons (Fsp3) is 0.524. The summed E-state index contributed by atoms with van der Waals surface area (Å²) in [5, 5.41) is 9.09. The molecule has 0 bridgehead atoms. The van der Waals surface area contributed by atoms with Crippen molar-refractivity contribution < 1.29 is 4.79 Å². The van der Waals surface area contributed by atoms with Crippen LogP contribution >= 0.6 is 11.6 Å². The summed E-state index contributed by atoms with van der Waals surface area (Å²) < 4.78 is 2.06. The lowest BCUT2D eigenvalue weighted by molar-refractivity contribution is 0.0819. The molecule has 0 fully saturated rings. The molecule has 0 aliphatic heterocycles. The Morgan fingerprint density at radius 1 is 1.41 bits per heavy atom. The average molecular weight is 389 g/mol. The van der Waals surface area contributed by atoms with Gasteiger partial charge in [-0.1, -0.05) is 37.6 Å². The zero-order chi connectivity index (χ0) is 19.6. The minimum atomic E-state index is -0.00996. The highest BCUT2D eigenvalue weighted by Crippen LogP contribution is 2.26. The summed E-state index contributed by atoms with van der Waals surface area (Å²) in [6.07, 6.45) is 2.83. The van der Waals surface area contributed by atoms with Crippen LogP contribution in [0.5, 0.6) is 0 Å². The molecule has 1 heterocycles. The number of aromatic nitrogens is 2. The third-order valence-corrected chi connectivity index (χ3v) is 5.21. The van der Waals surface area contributed by atoms with Crippen LogP contribution in [0.25, 0.3) is 0 Å². The molecule has 1 aromatic carbocycles. The summed E-state index contributed by atoms with van der Waals surface area (Å²) in [7, 11) is 3.57. The molecule has 2 aromatic rings. The molecule has 27 heavy (non-hydrogen) atoms. The number of benzene rings is 1. The number of carbonyl (C=O) groups is 1. The summed E-state index contributed by atoms with van der Waals surface area (Å²) in [5.41, 5.74) is 4.14. The van der Waals surface area contributed by atoms with E-state index in [1.807, 2.05) is 18.2 Å². The lowest BCUT2D eigenvalue weighted by atomic mass is 9.90. The van der Waals surface area contributed by atoms with Crippen molar-refractivity contribution in [2.24, 2.45) is 5.92 Å². The van der Waals surface area contributed by atoms with Crippen molar-refractivity contribution >= 4 is 17.5 Å². The van der Waals surface area contributed by atoms with Crippen molar-refractivity contribution in [3.8, 4) is 0 Å². The summed E-state index contributed by atoms with van der Waals surface area (Å²) in [6.45, 7) is 5.99. The van der Waals surface area contributed by atoms with Gasteiger partial charge in [0.25, 0.3) is 5.91 Å². The van der Waals surface area contributed by atoms with E-state index in [0.717, 1.165) is 42.9 Å². The Balaban J connectivity index is 1.78. The summed E-state index contributed by atoms with van der Waals surface area (Å²) in [4.78, 5) is 14.3. The van der Waals surface area contributed by atoms with E-state index in [-0.39, 0.29) is 5.91 Å². The maximum absolute atomic E-state index is 12.7. The van der Waals surface area contributed by atoms with Crippen LogP contribution in [0.3, 0.4) is 0 Å². The van der Waals surface area contributed by atoms with Crippen molar-refractivity contribution in [1.82, 2.24) is 20.0 Å². The number of hydrogen-bond donors (Lipinski definition) is 1. The van der Waals surface area contributed by atoms with Crippen molar-refractivity contribution in [1.29, 1.82) is 0 Å². The van der Waals surface area contributed by atoms with Gasteiger partial charge in [0.1, 0.15) is 0 Å². The zero-order valence-corrected chi connectivity index (χ0v) is 17.4. The molecule has 146 valence electrons. The second-order valence-electron chi connectivity index (χ2n) is 8.00. The van der Waals surface area contributed by atoms with Crippen LogP contribution in [0, 0.1) is 5.92 Å². The summed E-state index contributed by atoms with van der Waals surface area (Å²) >= 11 is 6.08. The van der Waals surface area contributed by atoms with Crippen LogP contribution in [-0.4, -0.2) is 40.7 Å². The Morgan fingerprint density at radius 2 is 2.19 bits per heavy atom. The van der Waals surface area contributed by atoms with Crippen molar-refractivity contribution in [3.63, 3.8) is 0 Å². The molecule has 3 rings (SSSR count). The van der Waals surface area contributed by atoms with Crippen molar-refractivity contribution in [2.75, 3.05) is 14.1 Å². The Morgan fingerprint density at radius 3 is 2.85 bits per heavy atom. The molecule has 5 nitrogen and oxygen atoms in total. The molecule has 1 aliphatic carbocycles. The van der Waals surface area contributed by atoms with Gasteiger partial charge >= 0.3 is 0 Å². The topological polar surface area (TPSA) is 50.2 Å². The Bertz CT molecular complexity index is 813. The largest absolute Gasteiger partial charge is 0.343 e. The first kappa shape index (κ1) is 19.9. The monoisotopic (exact) mass is 388 g/mol. The highest BCUT2D eigenvalue weighted by atomic mass is 35.5. The molecule has 1 aliphatic rings. The quantitative estimate of drug-likeness (QED) is 0.823. The van der Waals surface area contributed by atoms with E-state index in [9.17, 15) is 4.79 Å². The van der Waals surface area contributed by atoms with Crippen LogP contribution in [0.4, 0.5) is 0 Å². The van der Waals surface area contributed by atoms with Gasteiger partial charge < -0.3 is 10.2 Å². The number of nitrogens with one attached hydrogen (secondary N) is 1. The maximum Gasteiger partial charge on any atom is 0.274 e. The fourth-order valence-corrected chi connectivity index (χ4v) is 3.86. The fourth-order valence-electron chi connectivity index (χ4n) is 3.65. The van der Waals surface area contributed by atoms with Gasteiger partial charge in [-0.2, -0.15) is 5.10 Å². The highest BCUT2D eigenvalue weighted by molar-refractivity contribution is 6.30. The molecular weight excluding hydrogens is 360 g/mol. The van der Waals surface area contributed by atoms with Gasteiger partial charge in [0.15, 0.2) is 5.69 Å². The average Bonchev–Trinajstić information content (AvgIpc) is 2.96. The number of carbonyl (C=O) groups excluding carboxylic acids is 1.